The zero-order valence-corrected chi connectivity index (χ0v) is 19.9. The molecule has 3 rings (SSSR count). The molecule has 2 N–H and O–H groups in total. The van der Waals surface area contributed by atoms with Gasteiger partial charge in [-0.25, -0.2) is 0 Å². The fraction of sp³-hybridized carbons (Fsp3) is 0.444. The van der Waals surface area contributed by atoms with Gasteiger partial charge in [-0.05, 0) is 67.7 Å². The van der Waals surface area contributed by atoms with Crippen LogP contribution in [0.25, 0.3) is 10.9 Å². The fourth-order valence-corrected chi connectivity index (χ4v) is 4.98. The standard InChI is InChI=1S/C27H36NO3P/c29-32(30,31)22-11-5-10-17-25-20-19-24(26-18-12-21-28-27(25)26)16-9-3-1-2-6-13-23-14-7-4-8-15-23/h4,7-8,12,14-15,18-21H,1-3,5-6,9-11,13,16-17,22H2,(H2,29,30,31). The van der Waals surface area contributed by atoms with Crippen molar-refractivity contribution in [1.29, 1.82) is 0 Å². The third-order valence-electron chi connectivity index (χ3n) is 6.09. The average molecular weight is 454 g/mol. The van der Waals surface area contributed by atoms with Gasteiger partial charge in [0.2, 0.25) is 0 Å². The first-order valence-corrected chi connectivity index (χ1v) is 13.8. The lowest BCUT2D eigenvalue weighted by atomic mass is 9.96. The number of nitrogens with zero attached hydrogens (tertiary/aromatic N) is 1. The van der Waals surface area contributed by atoms with Crippen LogP contribution in [0.1, 0.15) is 68.1 Å². The number of pyridine rings is 1. The van der Waals surface area contributed by atoms with Gasteiger partial charge in [0.1, 0.15) is 0 Å². The maximum absolute atomic E-state index is 11.0. The average Bonchev–Trinajstić information content (AvgIpc) is 2.79. The van der Waals surface area contributed by atoms with Crippen LogP contribution >= 0.6 is 7.60 Å². The maximum atomic E-state index is 11.0. The van der Waals surface area contributed by atoms with Gasteiger partial charge in [0.05, 0.1) is 5.52 Å². The lowest BCUT2D eigenvalue weighted by molar-refractivity contribution is 0.371. The van der Waals surface area contributed by atoms with Gasteiger partial charge in [0, 0.05) is 17.7 Å². The molecular weight excluding hydrogens is 417 g/mol. The van der Waals surface area contributed by atoms with Gasteiger partial charge in [0.15, 0.2) is 0 Å². The van der Waals surface area contributed by atoms with E-state index in [1.54, 1.807) is 0 Å². The molecule has 0 aliphatic rings. The third-order valence-corrected chi connectivity index (χ3v) is 6.99. The number of rotatable bonds is 14. The number of benzene rings is 2. The number of hydrogen-bond donors (Lipinski definition) is 2. The molecule has 1 aromatic heterocycles. The highest BCUT2D eigenvalue weighted by Gasteiger charge is 2.12. The Morgan fingerprint density at radius 2 is 1.28 bits per heavy atom. The second-order valence-electron chi connectivity index (χ2n) is 8.74. The van der Waals surface area contributed by atoms with Crippen molar-refractivity contribution in [3.8, 4) is 0 Å². The van der Waals surface area contributed by atoms with E-state index in [1.807, 2.05) is 12.3 Å². The Balaban J connectivity index is 1.42. The largest absolute Gasteiger partial charge is 0.325 e. The molecule has 32 heavy (non-hydrogen) atoms. The van der Waals surface area contributed by atoms with Crippen molar-refractivity contribution in [1.82, 2.24) is 4.98 Å². The van der Waals surface area contributed by atoms with Crippen LogP contribution in [-0.4, -0.2) is 20.9 Å². The number of unbranched alkanes of at least 4 members (excludes halogenated alkanes) is 6. The predicted molar refractivity (Wildman–Crippen MR) is 133 cm³/mol. The molecule has 0 aliphatic heterocycles. The second kappa shape index (κ2) is 12.9. The third kappa shape index (κ3) is 8.50. The van der Waals surface area contributed by atoms with Gasteiger partial charge in [-0.2, -0.15) is 0 Å². The lowest BCUT2D eigenvalue weighted by Gasteiger charge is -2.11. The summed E-state index contributed by atoms with van der Waals surface area (Å²) in [4.78, 5) is 22.6. The van der Waals surface area contributed by atoms with Crippen LogP contribution in [0.2, 0.25) is 0 Å². The number of fused-ring (bicyclic) bond motifs is 1. The van der Waals surface area contributed by atoms with Crippen molar-refractivity contribution in [3.05, 3.63) is 77.5 Å². The SMILES string of the molecule is O=P(O)(O)CCCCCc1ccc(CCCCCCCc2ccccc2)c2cccnc12. The minimum atomic E-state index is -3.87. The van der Waals surface area contributed by atoms with Gasteiger partial charge in [0.25, 0.3) is 0 Å². The summed E-state index contributed by atoms with van der Waals surface area (Å²) in [5.41, 5.74) is 5.14. The van der Waals surface area contributed by atoms with Crippen molar-refractivity contribution >= 4 is 18.5 Å². The van der Waals surface area contributed by atoms with Crippen LogP contribution in [0.3, 0.4) is 0 Å². The minimum absolute atomic E-state index is 0.0167. The smallest absolute Gasteiger partial charge is 0.324 e. The first-order chi connectivity index (χ1) is 15.5. The van der Waals surface area contributed by atoms with E-state index in [-0.39, 0.29) is 6.16 Å². The number of hydrogen-bond acceptors (Lipinski definition) is 2. The molecule has 0 unspecified atom stereocenters. The molecule has 0 saturated heterocycles. The lowest BCUT2D eigenvalue weighted by Crippen LogP contribution is -1.96. The van der Waals surface area contributed by atoms with Crippen LogP contribution < -0.4 is 0 Å². The van der Waals surface area contributed by atoms with E-state index in [1.165, 1.54) is 60.6 Å². The Hall–Kier alpha value is -2.00. The summed E-state index contributed by atoms with van der Waals surface area (Å²) in [6.45, 7) is 0. The molecule has 0 fully saturated rings. The van der Waals surface area contributed by atoms with Crippen molar-refractivity contribution in [2.75, 3.05) is 6.16 Å². The Kier molecular flexibility index (Phi) is 9.92. The topological polar surface area (TPSA) is 70.4 Å². The molecule has 172 valence electrons. The van der Waals surface area contributed by atoms with E-state index in [0.717, 1.165) is 31.2 Å². The molecule has 3 aromatic rings. The van der Waals surface area contributed by atoms with E-state index >= 15 is 0 Å². The van der Waals surface area contributed by atoms with Crippen LogP contribution in [0.15, 0.2) is 60.8 Å². The Bertz CT molecular complexity index is 1000. The summed E-state index contributed by atoms with van der Waals surface area (Å²) in [5.74, 6) is 0. The molecule has 0 spiro atoms. The molecule has 0 aliphatic carbocycles. The molecular formula is C27H36NO3P. The summed E-state index contributed by atoms with van der Waals surface area (Å²) in [7, 11) is -3.87. The fourth-order valence-electron chi connectivity index (χ4n) is 4.34. The van der Waals surface area contributed by atoms with Gasteiger partial charge in [-0.1, -0.05) is 74.2 Å². The normalized spacial score (nSPS) is 11.8. The highest BCUT2D eigenvalue weighted by atomic mass is 31.2. The van der Waals surface area contributed by atoms with E-state index < -0.39 is 7.60 Å². The summed E-state index contributed by atoms with van der Waals surface area (Å²) < 4.78 is 11.0. The van der Waals surface area contributed by atoms with Crippen LogP contribution in [0, 0.1) is 0 Å². The van der Waals surface area contributed by atoms with Crippen LogP contribution in [-0.2, 0) is 23.8 Å². The van der Waals surface area contributed by atoms with Crippen molar-refractivity contribution in [3.63, 3.8) is 0 Å². The molecule has 0 bridgehead atoms. The predicted octanol–water partition coefficient (Wildman–Crippen LogP) is 6.86. The van der Waals surface area contributed by atoms with Crippen molar-refractivity contribution in [2.45, 2.75) is 70.6 Å². The van der Waals surface area contributed by atoms with E-state index in [2.05, 4.69) is 53.5 Å². The molecule has 2 aromatic carbocycles. The minimum Gasteiger partial charge on any atom is -0.324 e. The van der Waals surface area contributed by atoms with Gasteiger partial charge >= 0.3 is 7.60 Å². The molecule has 5 heteroatoms. The molecule has 0 amide bonds. The number of aryl methyl sites for hydroxylation is 3. The second-order valence-corrected chi connectivity index (χ2v) is 10.5. The Morgan fingerprint density at radius 3 is 2.03 bits per heavy atom. The highest BCUT2D eigenvalue weighted by molar-refractivity contribution is 7.51. The summed E-state index contributed by atoms with van der Waals surface area (Å²) in [5, 5.41) is 1.25. The first kappa shape index (κ1) is 24.6. The zero-order valence-electron chi connectivity index (χ0n) is 19.0. The van der Waals surface area contributed by atoms with Crippen LogP contribution in [0.4, 0.5) is 0 Å². The molecule has 4 nitrogen and oxygen atoms in total. The van der Waals surface area contributed by atoms with E-state index in [0.29, 0.717) is 6.42 Å². The molecule has 0 radical (unpaired) electrons. The summed E-state index contributed by atoms with van der Waals surface area (Å²) >= 11 is 0. The molecule has 0 atom stereocenters. The quantitative estimate of drug-likeness (QED) is 0.207. The van der Waals surface area contributed by atoms with Gasteiger partial charge < -0.3 is 9.79 Å². The first-order valence-electron chi connectivity index (χ1n) is 12.0. The number of aromatic nitrogens is 1. The van der Waals surface area contributed by atoms with Crippen molar-refractivity contribution < 1.29 is 14.4 Å². The van der Waals surface area contributed by atoms with E-state index in [4.69, 9.17) is 9.79 Å². The summed E-state index contributed by atoms with van der Waals surface area (Å²) in [6, 6.07) is 19.4. The Labute approximate surface area is 192 Å². The monoisotopic (exact) mass is 453 g/mol. The highest BCUT2D eigenvalue weighted by Crippen LogP contribution is 2.35. The van der Waals surface area contributed by atoms with Crippen LogP contribution in [0.5, 0.6) is 0 Å². The maximum Gasteiger partial charge on any atom is 0.325 e. The zero-order chi connectivity index (χ0) is 22.7. The molecule has 1 heterocycles. The van der Waals surface area contributed by atoms with Crippen molar-refractivity contribution in [2.24, 2.45) is 0 Å². The van der Waals surface area contributed by atoms with Gasteiger partial charge in [-0.3, -0.25) is 9.55 Å². The Morgan fingerprint density at radius 1 is 0.656 bits per heavy atom. The summed E-state index contributed by atoms with van der Waals surface area (Å²) in [6.07, 6.45) is 13.6. The molecule has 0 saturated carbocycles. The van der Waals surface area contributed by atoms with Gasteiger partial charge in [-0.15, -0.1) is 0 Å². The van der Waals surface area contributed by atoms with E-state index in [9.17, 15) is 4.57 Å².